The van der Waals surface area contributed by atoms with Gasteiger partial charge in [-0.25, -0.2) is 4.79 Å². The molecule has 1 aromatic heterocycles. The summed E-state index contributed by atoms with van der Waals surface area (Å²) in [4.78, 5) is 26.8. The number of hydrogen-bond acceptors (Lipinski definition) is 5. The number of carbonyl (C=O) groups excluding carboxylic acids is 2. The summed E-state index contributed by atoms with van der Waals surface area (Å²) in [6.07, 6.45) is 7.11. The minimum Gasteiger partial charge on any atom is -0.497 e. The van der Waals surface area contributed by atoms with Gasteiger partial charge in [-0.1, -0.05) is 30.5 Å². The third kappa shape index (κ3) is 5.73. The first kappa shape index (κ1) is 19.7. The molecular formula is C20H26N4O4. The van der Waals surface area contributed by atoms with Crippen LogP contribution in [0.15, 0.2) is 41.1 Å². The molecule has 8 nitrogen and oxygen atoms in total. The zero-order chi connectivity index (χ0) is 19.8. The number of hydrogen-bond donors (Lipinski definition) is 2. The zero-order valence-electron chi connectivity index (χ0n) is 16.0. The highest BCUT2D eigenvalue weighted by Gasteiger charge is 2.23. The van der Waals surface area contributed by atoms with E-state index >= 15 is 0 Å². The number of aromatic nitrogens is 1. The maximum Gasteiger partial charge on any atom is 0.322 e. The second-order valence-electron chi connectivity index (χ2n) is 6.98. The molecule has 0 unspecified atom stereocenters. The molecule has 1 saturated carbocycles. The molecule has 150 valence electrons. The van der Waals surface area contributed by atoms with Crippen LogP contribution < -0.4 is 15.4 Å². The number of urea groups is 1. The molecule has 28 heavy (non-hydrogen) atoms. The molecule has 1 aliphatic rings. The van der Waals surface area contributed by atoms with Gasteiger partial charge in [-0.15, -0.1) is 0 Å². The van der Waals surface area contributed by atoms with Gasteiger partial charge in [0.2, 0.25) is 5.91 Å². The highest BCUT2D eigenvalue weighted by Crippen LogP contribution is 2.25. The van der Waals surface area contributed by atoms with E-state index in [9.17, 15) is 9.59 Å². The smallest absolute Gasteiger partial charge is 0.322 e. The Labute approximate surface area is 164 Å². The molecule has 0 radical (unpaired) electrons. The number of amides is 3. The summed E-state index contributed by atoms with van der Waals surface area (Å²) in [6.45, 7) is 0.487. The van der Waals surface area contributed by atoms with Gasteiger partial charge in [0.1, 0.15) is 18.6 Å². The van der Waals surface area contributed by atoms with Gasteiger partial charge in [-0.05, 0) is 30.9 Å². The van der Waals surface area contributed by atoms with E-state index in [1.54, 1.807) is 42.3 Å². The fraction of sp³-hybridized carbons (Fsp3) is 0.450. The van der Waals surface area contributed by atoms with Gasteiger partial charge in [-0.3, -0.25) is 4.79 Å². The van der Waals surface area contributed by atoms with Crippen LogP contribution in [0.5, 0.6) is 5.75 Å². The molecule has 8 heteroatoms. The van der Waals surface area contributed by atoms with Crippen LogP contribution in [0, 0.1) is 5.92 Å². The van der Waals surface area contributed by atoms with Crippen LogP contribution in [-0.2, 0) is 4.79 Å². The Hall–Kier alpha value is -3.03. The van der Waals surface area contributed by atoms with E-state index in [2.05, 4.69) is 15.8 Å². The number of nitrogens with zero attached hydrogens (tertiary/aromatic N) is 2. The van der Waals surface area contributed by atoms with Crippen molar-refractivity contribution in [1.82, 2.24) is 10.1 Å². The highest BCUT2D eigenvalue weighted by molar-refractivity contribution is 5.96. The molecule has 1 aromatic carbocycles. The molecule has 2 aromatic rings. The third-order valence-corrected chi connectivity index (χ3v) is 4.85. The van der Waals surface area contributed by atoms with Crippen molar-refractivity contribution in [3.63, 3.8) is 0 Å². The number of nitrogens with one attached hydrogen (secondary N) is 2. The lowest BCUT2D eigenvalue weighted by atomic mass is 9.89. The maximum atomic E-state index is 12.9. The summed E-state index contributed by atoms with van der Waals surface area (Å²) in [5.74, 6) is 1.08. The lowest BCUT2D eigenvalue weighted by Crippen LogP contribution is -2.43. The topological polar surface area (TPSA) is 96.7 Å². The van der Waals surface area contributed by atoms with Crippen molar-refractivity contribution in [2.75, 3.05) is 30.8 Å². The van der Waals surface area contributed by atoms with Crippen LogP contribution in [0.4, 0.5) is 16.3 Å². The Morgan fingerprint density at radius 2 is 2.04 bits per heavy atom. The minimum atomic E-state index is -0.314. The SMILES string of the molecule is COc1cccc(NC(=O)N(CC(=O)Nc2ccon2)CC2CCCCC2)c1. The van der Waals surface area contributed by atoms with Crippen molar-refractivity contribution < 1.29 is 18.8 Å². The molecule has 0 aliphatic heterocycles. The number of benzene rings is 1. The Morgan fingerprint density at radius 3 is 2.75 bits per heavy atom. The van der Waals surface area contributed by atoms with Gasteiger partial charge >= 0.3 is 6.03 Å². The third-order valence-electron chi connectivity index (χ3n) is 4.85. The Bertz CT molecular complexity index is 772. The van der Waals surface area contributed by atoms with E-state index < -0.39 is 0 Å². The molecule has 3 rings (SSSR count). The summed E-state index contributed by atoms with van der Waals surface area (Å²) in [7, 11) is 1.57. The molecular weight excluding hydrogens is 360 g/mol. The highest BCUT2D eigenvalue weighted by atomic mass is 16.5. The lowest BCUT2D eigenvalue weighted by molar-refractivity contribution is -0.116. The monoisotopic (exact) mass is 386 g/mol. The van der Waals surface area contributed by atoms with Gasteiger partial charge in [0, 0.05) is 24.4 Å². The number of anilines is 2. The van der Waals surface area contributed by atoms with Crippen molar-refractivity contribution in [1.29, 1.82) is 0 Å². The van der Waals surface area contributed by atoms with Gasteiger partial charge in [0.25, 0.3) is 0 Å². The zero-order valence-corrected chi connectivity index (χ0v) is 16.0. The fourth-order valence-corrected chi connectivity index (χ4v) is 3.44. The number of methoxy groups -OCH3 is 1. The average molecular weight is 386 g/mol. The van der Waals surface area contributed by atoms with E-state index in [4.69, 9.17) is 9.26 Å². The van der Waals surface area contributed by atoms with Crippen LogP contribution in [0.2, 0.25) is 0 Å². The van der Waals surface area contributed by atoms with Gasteiger partial charge in [0.15, 0.2) is 5.82 Å². The molecule has 0 saturated heterocycles. The van der Waals surface area contributed by atoms with E-state index in [-0.39, 0.29) is 18.5 Å². The van der Waals surface area contributed by atoms with Crippen molar-refractivity contribution in [2.45, 2.75) is 32.1 Å². The van der Waals surface area contributed by atoms with E-state index in [0.717, 1.165) is 12.8 Å². The second kappa shape index (κ2) is 9.77. The van der Waals surface area contributed by atoms with Crippen molar-refractivity contribution in [3.05, 3.63) is 36.6 Å². The van der Waals surface area contributed by atoms with Crippen molar-refractivity contribution in [2.24, 2.45) is 5.92 Å². The largest absolute Gasteiger partial charge is 0.497 e. The first-order valence-electron chi connectivity index (χ1n) is 9.54. The predicted octanol–water partition coefficient (Wildman–Crippen LogP) is 3.74. The summed E-state index contributed by atoms with van der Waals surface area (Å²) in [5.41, 5.74) is 0.620. The number of rotatable bonds is 7. The fourth-order valence-electron chi connectivity index (χ4n) is 3.44. The first-order chi connectivity index (χ1) is 13.6. The predicted molar refractivity (Wildman–Crippen MR) is 105 cm³/mol. The summed E-state index contributed by atoms with van der Waals surface area (Å²) in [6, 6.07) is 8.38. The molecule has 2 N–H and O–H groups in total. The van der Waals surface area contributed by atoms with Gasteiger partial charge in [-0.2, -0.15) is 0 Å². The summed E-state index contributed by atoms with van der Waals surface area (Å²) in [5, 5.41) is 9.18. The first-order valence-corrected chi connectivity index (χ1v) is 9.54. The van der Waals surface area contributed by atoms with Crippen LogP contribution in [-0.4, -0.2) is 42.2 Å². The summed E-state index contributed by atoms with van der Waals surface area (Å²) >= 11 is 0. The summed E-state index contributed by atoms with van der Waals surface area (Å²) < 4.78 is 9.92. The minimum absolute atomic E-state index is 0.0564. The molecule has 0 spiro atoms. The van der Waals surface area contributed by atoms with E-state index in [1.807, 2.05) is 0 Å². The molecule has 0 bridgehead atoms. The Morgan fingerprint density at radius 1 is 1.21 bits per heavy atom. The standard InChI is InChI=1S/C20H26N4O4/c1-27-17-9-5-8-16(12-17)21-20(26)24(13-15-6-3-2-4-7-15)14-19(25)22-18-10-11-28-23-18/h5,8-12,15H,2-4,6-7,13-14H2,1H3,(H,21,26)(H,22,23,25). The van der Waals surface area contributed by atoms with Crippen molar-refractivity contribution in [3.8, 4) is 5.75 Å². The van der Waals surface area contributed by atoms with Crippen LogP contribution in [0.25, 0.3) is 0 Å². The maximum absolute atomic E-state index is 12.9. The van der Waals surface area contributed by atoms with E-state index in [0.29, 0.717) is 29.7 Å². The van der Waals surface area contributed by atoms with Crippen LogP contribution in [0.3, 0.4) is 0 Å². The molecule has 3 amide bonds. The van der Waals surface area contributed by atoms with Gasteiger partial charge < -0.3 is 24.8 Å². The quantitative estimate of drug-likeness (QED) is 0.756. The van der Waals surface area contributed by atoms with E-state index in [1.165, 1.54) is 25.5 Å². The number of carbonyl (C=O) groups is 2. The second-order valence-corrected chi connectivity index (χ2v) is 6.98. The molecule has 1 fully saturated rings. The Kier molecular flexibility index (Phi) is 6.89. The molecule has 1 aliphatic carbocycles. The molecule has 0 atom stereocenters. The average Bonchev–Trinajstić information content (AvgIpc) is 3.21. The normalized spacial score (nSPS) is 14.3. The number of ether oxygens (including phenoxy) is 1. The lowest BCUT2D eigenvalue weighted by Gasteiger charge is -2.29. The van der Waals surface area contributed by atoms with Crippen LogP contribution in [0.1, 0.15) is 32.1 Å². The molecule has 1 heterocycles. The van der Waals surface area contributed by atoms with Crippen molar-refractivity contribution >= 4 is 23.4 Å². The van der Waals surface area contributed by atoms with Gasteiger partial charge in [0.05, 0.1) is 7.11 Å². The van der Waals surface area contributed by atoms with Crippen LogP contribution >= 0.6 is 0 Å². The Balaban J connectivity index is 1.66.